The molecule has 5 rings (SSSR count). The van der Waals surface area contributed by atoms with Gasteiger partial charge in [0.15, 0.2) is 6.10 Å². The van der Waals surface area contributed by atoms with Gasteiger partial charge in [-0.2, -0.15) is 0 Å². The zero-order chi connectivity index (χ0) is 22.8. The first-order valence-corrected chi connectivity index (χ1v) is 11.0. The van der Waals surface area contributed by atoms with Crippen LogP contribution in [0, 0.1) is 0 Å². The monoisotopic (exact) mass is 443 g/mol. The van der Waals surface area contributed by atoms with E-state index in [0.29, 0.717) is 18.1 Å². The highest BCUT2D eigenvalue weighted by atomic mass is 16.5. The number of hydrogen-bond donors (Lipinski definition) is 1. The van der Waals surface area contributed by atoms with Crippen molar-refractivity contribution in [2.45, 2.75) is 12.1 Å². The number of benzene rings is 3. The number of anilines is 2. The Bertz CT molecular complexity index is 1170. The standard InChI is InChI=1S/C26H25N3O4/c1-27-26(31)24-15-28(19-11-5-8-14-23(19)33-24)16-25(30)29-20-12-6-7-13-22(20)32-17-21(29)18-9-3-2-4-10-18/h2-14,21,24H,15-17H2,1H3,(H,27,31). The van der Waals surface area contributed by atoms with Crippen LogP contribution in [-0.2, 0) is 9.59 Å². The molecule has 2 amide bonds. The summed E-state index contributed by atoms with van der Waals surface area (Å²) in [5.41, 5.74) is 2.54. The van der Waals surface area contributed by atoms with Crippen molar-refractivity contribution in [1.29, 1.82) is 0 Å². The normalized spacial score (nSPS) is 18.9. The van der Waals surface area contributed by atoms with Gasteiger partial charge in [0.1, 0.15) is 18.1 Å². The molecule has 0 saturated carbocycles. The molecule has 0 saturated heterocycles. The van der Waals surface area contributed by atoms with Crippen molar-refractivity contribution >= 4 is 23.2 Å². The fourth-order valence-corrected chi connectivity index (χ4v) is 4.41. The third-order valence-corrected chi connectivity index (χ3v) is 6.01. The largest absolute Gasteiger partial charge is 0.489 e. The smallest absolute Gasteiger partial charge is 0.262 e. The van der Waals surface area contributed by atoms with Crippen molar-refractivity contribution in [3.8, 4) is 11.5 Å². The molecule has 2 unspecified atom stereocenters. The number of nitrogens with zero attached hydrogens (tertiary/aromatic N) is 2. The molecule has 0 bridgehead atoms. The lowest BCUT2D eigenvalue weighted by Crippen LogP contribution is -2.52. The van der Waals surface area contributed by atoms with Gasteiger partial charge in [-0.1, -0.05) is 54.6 Å². The Labute approximate surface area is 192 Å². The molecule has 0 spiro atoms. The fraction of sp³-hybridized carbons (Fsp3) is 0.231. The molecule has 168 valence electrons. The highest BCUT2D eigenvalue weighted by Gasteiger charge is 2.36. The molecular weight excluding hydrogens is 418 g/mol. The molecule has 0 radical (unpaired) electrons. The number of ether oxygens (including phenoxy) is 2. The Morgan fingerprint density at radius 2 is 1.58 bits per heavy atom. The number of fused-ring (bicyclic) bond motifs is 2. The van der Waals surface area contributed by atoms with Crippen molar-refractivity contribution < 1.29 is 19.1 Å². The molecule has 1 N–H and O–H groups in total. The Kier molecular flexibility index (Phi) is 5.60. The molecule has 3 aromatic carbocycles. The minimum Gasteiger partial charge on any atom is -0.489 e. The first-order valence-electron chi connectivity index (χ1n) is 11.0. The van der Waals surface area contributed by atoms with Crippen LogP contribution in [-0.4, -0.2) is 44.7 Å². The van der Waals surface area contributed by atoms with Crippen LogP contribution >= 0.6 is 0 Å². The predicted molar refractivity (Wildman–Crippen MR) is 126 cm³/mol. The molecule has 2 heterocycles. The highest BCUT2D eigenvalue weighted by Crippen LogP contribution is 2.40. The Morgan fingerprint density at radius 1 is 0.909 bits per heavy atom. The van der Waals surface area contributed by atoms with Gasteiger partial charge >= 0.3 is 0 Å². The summed E-state index contributed by atoms with van der Waals surface area (Å²) in [5, 5.41) is 2.64. The third-order valence-electron chi connectivity index (χ3n) is 6.01. The molecule has 2 aliphatic rings. The molecule has 3 aromatic rings. The van der Waals surface area contributed by atoms with Gasteiger partial charge in [-0.15, -0.1) is 0 Å². The average Bonchev–Trinajstić information content (AvgIpc) is 2.87. The van der Waals surface area contributed by atoms with Gasteiger partial charge in [0.2, 0.25) is 5.91 Å². The van der Waals surface area contributed by atoms with Crippen LogP contribution in [0.3, 0.4) is 0 Å². The Balaban J connectivity index is 1.49. The molecule has 2 aliphatic heterocycles. The van der Waals surface area contributed by atoms with Crippen LogP contribution in [0.1, 0.15) is 11.6 Å². The van der Waals surface area contributed by atoms with Crippen LogP contribution in [0.5, 0.6) is 11.5 Å². The van der Waals surface area contributed by atoms with Crippen molar-refractivity contribution in [3.63, 3.8) is 0 Å². The molecule has 33 heavy (non-hydrogen) atoms. The maximum atomic E-state index is 13.9. The number of para-hydroxylation sites is 4. The van der Waals surface area contributed by atoms with Gasteiger partial charge in [0.05, 0.1) is 30.5 Å². The summed E-state index contributed by atoms with van der Waals surface area (Å²) in [5.74, 6) is 0.976. The number of rotatable bonds is 4. The third kappa shape index (κ3) is 3.98. The minimum atomic E-state index is -0.695. The van der Waals surface area contributed by atoms with Crippen molar-refractivity contribution in [1.82, 2.24) is 5.32 Å². The minimum absolute atomic E-state index is 0.0769. The van der Waals surface area contributed by atoms with Gasteiger partial charge in [0.25, 0.3) is 5.91 Å². The highest BCUT2D eigenvalue weighted by molar-refractivity contribution is 5.99. The maximum Gasteiger partial charge on any atom is 0.262 e. The molecule has 0 aromatic heterocycles. The summed E-state index contributed by atoms with van der Waals surface area (Å²) in [4.78, 5) is 29.9. The molecule has 0 fully saturated rings. The quantitative estimate of drug-likeness (QED) is 0.671. The fourth-order valence-electron chi connectivity index (χ4n) is 4.41. The second-order valence-corrected chi connectivity index (χ2v) is 8.04. The number of carbonyl (C=O) groups excluding carboxylic acids is 2. The SMILES string of the molecule is CNC(=O)C1CN(CC(=O)N2c3ccccc3OCC2c2ccccc2)c2ccccc2O1. The lowest BCUT2D eigenvalue weighted by molar-refractivity contribution is -0.127. The average molecular weight is 444 g/mol. The Hall–Kier alpha value is -4.00. The van der Waals surface area contributed by atoms with E-state index in [4.69, 9.17) is 9.47 Å². The molecule has 7 nitrogen and oxygen atoms in total. The summed E-state index contributed by atoms with van der Waals surface area (Å²) < 4.78 is 11.9. The zero-order valence-electron chi connectivity index (χ0n) is 18.3. The summed E-state index contributed by atoms with van der Waals surface area (Å²) in [6.45, 7) is 0.753. The van der Waals surface area contributed by atoms with Gasteiger partial charge in [0, 0.05) is 7.05 Å². The zero-order valence-corrected chi connectivity index (χ0v) is 18.3. The molecule has 0 aliphatic carbocycles. The summed E-state index contributed by atoms with van der Waals surface area (Å²) in [6, 6.07) is 24.7. The van der Waals surface area contributed by atoms with E-state index in [-0.39, 0.29) is 30.9 Å². The van der Waals surface area contributed by atoms with Crippen LogP contribution in [0.15, 0.2) is 78.9 Å². The Morgan fingerprint density at radius 3 is 2.33 bits per heavy atom. The van der Waals surface area contributed by atoms with Gasteiger partial charge in [-0.05, 0) is 29.8 Å². The van der Waals surface area contributed by atoms with E-state index >= 15 is 0 Å². The van der Waals surface area contributed by atoms with Crippen molar-refractivity contribution in [2.24, 2.45) is 0 Å². The first kappa shape index (κ1) is 20.9. The molecular formula is C26H25N3O4. The van der Waals surface area contributed by atoms with E-state index in [1.165, 1.54) is 0 Å². The van der Waals surface area contributed by atoms with E-state index in [1.54, 1.807) is 7.05 Å². The van der Waals surface area contributed by atoms with Gasteiger partial charge < -0.3 is 19.7 Å². The van der Waals surface area contributed by atoms with Crippen LogP contribution < -0.4 is 24.6 Å². The van der Waals surface area contributed by atoms with E-state index in [0.717, 1.165) is 16.9 Å². The van der Waals surface area contributed by atoms with Crippen molar-refractivity contribution in [3.05, 3.63) is 84.4 Å². The maximum absolute atomic E-state index is 13.9. The van der Waals surface area contributed by atoms with E-state index in [1.807, 2.05) is 88.7 Å². The van der Waals surface area contributed by atoms with Crippen molar-refractivity contribution in [2.75, 3.05) is 36.5 Å². The van der Waals surface area contributed by atoms with Crippen LogP contribution in [0.4, 0.5) is 11.4 Å². The summed E-state index contributed by atoms with van der Waals surface area (Å²) in [6.07, 6.45) is -0.695. The van der Waals surface area contributed by atoms with E-state index in [2.05, 4.69) is 5.32 Å². The van der Waals surface area contributed by atoms with Gasteiger partial charge in [-0.25, -0.2) is 0 Å². The lowest BCUT2D eigenvalue weighted by atomic mass is 10.0. The predicted octanol–water partition coefficient (Wildman–Crippen LogP) is 3.17. The molecule has 2 atom stereocenters. The number of carbonyl (C=O) groups is 2. The first-order chi connectivity index (χ1) is 16.2. The summed E-state index contributed by atoms with van der Waals surface area (Å²) >= 11 is 0. The lowest BCUT2D eigenvalue weighted by Gasteiger charge is -2.40. The summed E-state index contributed by atoms with van der Waals surface area (Å²) in [7, 11) is 1.58. The number of nitrogens with one attached hydrogen (secondary N) is 1. The second kappa shape index (κ2) is 8.86. The van der Waals surface area contributed by atoms with Crippen LogP contribution in [0.25, 0.3) is 0 Å². The number of amides is 2. The molecule has 7 heteroatoms. The van der Waals surface area contributed by atoms with E-state index in [9.17, 15) is 9.59 Å². The topological polar surface area (TPSA) is 71.1 Å². The van der Waals surface area contributed by atoms with Gasteiger partial charge in [-0.3, -0.25) is 14.5 Å². The second-order valence-electron chi connectivity index (χ2n) is 8.04. The van der Waals surface area contributed by atoms with Crippen LogP contribution in [0.2, 0.25) is 0 Å². The number of likely N-dealkylation sites (N-methyl/N-ethyl adjacent to an activating group) is 1. The number of hydrogen-bond acceptors (Lipinski definition) is 5. The van der Waals surface area contributed by atoms with E-state index < -0.39 is 6.10 Å².